The number of rotatable bonds is 13. The number of pyridine rings is 4. The van der Waals surface area contributed by atoms with Gasteiger partial charge in [-0.2, -0.15) is 0 Å². The fourth-order valence-electron chi connectivity index (χ4n) is 9.86. The summed E-state index contributed by atoms with van der Waals surface area (Å²) in [5, 5.41) is 1.50. The fourth-order valence-corrected chi connectivity index (χ4v) is 9.86. The molecular formula is C67H50N4O. The van der Waals surface area contributed by atoms with Crippen molar-refractivity contribution >= 4 is 22.1 Å². The van der Waals surface area contributed by atoms with Gasteiger partial charge in [0.25, 0.3) is 0 Å². The van der Waals surface area contributed by atoms with E-state index in [9.17, 15) is 0 Å². The van der Waals surface area contributed by atoms with E-state index in [1.807, 2.05) is 60.9 Å². The Hall–Kier alpha value is -9.06. The van der Waals surface area contributed by atoms with Gasteiger partial charge in [-0.15, -0.1) is 0 Å². The van der Waals surface area contributed by atoms with Crippen LogP contribution in [0.4, 0.5) is 0 Å². The second-order valence-electron chi connectivity index (χ2n) is 18.3. The number of aromatic nitrogens is 4. The van der Waals surface area contributed by atoms with Crippen molar-refractivity contribution in [2.24, 2.45) is 0 Å². The first-order chi connectivity index (χ1) is 36.8. The Morgan fingerprint density at radius 3 is 1.56 bits per heavy atom. The summed E-state index contributed by atoms with van der Waals surface area (Å²) in [6.45, 7) is -2.35. The molecular weight excluding hydrogens is 877 g/mol. The van der Waals surface area contributed by atoms with Crippen molar-refractivity contribution in [1.82, 2.24) is 19.9 Å². The zero-order valence-electron chi connectivity index (χ0n) is 42.5. The number of hydrogen-bond donors (Lipinski definition) is 0. The molecule has 0 aliphatic carbocycles. The van der Waals surface area contributed by atoms with Crippen molar-refractivity contribution in [2.45, 2.75) is 32.5 Å². The second kappa shape index (κ2) is 19.7. The zero-order chi connectivity index (χ0) is 50.7. The third-order valence-electron chi connectivity index (χ3n) is 13.7. The third kappa shape index (κ3) is 9.36. The van der Waals surface area contributed by atoms with E-state index in [1.165, 1.54) is 33.9 Å². The minimum absolute atomic E-state index is 0.00442. The predicted octanol–water partition coefficient (Wildman–Crippen LogP) is 16.7. The van der Waals surface area contributed by atoms with Crippen LogP contribution in [0.15, 0.2) is 241 Å². The molecule has 5 nitrogen and oxygen atoms in total. The summed E-state index contributed by atoms with van der Waals surface area (Å²) in [5.41, 5.74) is 20.8. The summed E-state index contributed by atoms with van der Waals surface area (Å²) in [7, 11) is 0. The molecule has 0 aliphatic heterocycles. The van der Waals surface area contributed by atoms with E-state index in [2.05, 4.69) is 173 Å². The summed E-state index contributed by atoms with van der Waals surface area (Å²) in [6, 6.07) is 76.7. The molecule has 5 aromatic heterocycles. The number of benzene rings is 7. The number of nitrogens with zero attached hydrogens (tertiary/aromatic N) is 4. The molecule has 0 amide bonds. The van der Waals surface area contributed by atoms with Crippen molar-refractivity contribution in [3.8, 4) is 78.3 Å². The molecule has 12 rings (SSSR count). The minimum atomic E-state index is -2.35. The van der Waals surface area contributed by atoms with Crippen LogP contribution >= 0.6 is 0 Å². The first kappa shape index (κ1) is 40.8. The maximum atomic E-state index is 7.90. The second-order valence-corrected chi connectivity index (χ2v) is 18.3. The molecule has 0 unspecified atom stereocenters. The Morgan fingerprint density at radius 1 is 0.361 bits per heavy atom. The van der Waals surface area contributed by atoms with E-state index in [-0.39, 0.29) is 11.4 Å². The quantitative estimate of drug-likeness (QED) is 0.115. The summed E-state index contributed by atoms with van der Waals surface area (Å²) in [5.74, 6) is 0. The van der Waals surface area contributed by atoms with Crippen LogP contribution in [0, 0.1) is 6.85 Å². The zero-order valence-corrected chi connectivity index (χ0v) is 39.5. The normalized spacial score (nSPS) is 12.1. The summed E-state index contributed by atoms with van der Waals surface area (Å²) >= 11 is 0. The van der Waals surface area contributed by atoms with Crippen molar-refractivity contribution in [3.63, 3.8) is 0 Å². The summed E-state index contributed by atoms with van der Waals surface area (Å²) in [4.78, 5) is 18.5. The highest BCUT2D eigenvalue weighted by atomic mass is 16.3. The van der Waals surface area contributed by atoms with Gasteiger partial charge in [0.15, 0.2) is 0 Å². The van der Waals surface area contributed by atoms with Crippen molar-refractivity contribution in [2.75, 3.05) is 0 Å². The number of hydrogen-bond acceptors (Lipinski definition) is 5. The van der Waals surface area contributed by atoms with Gasteiger partial charge in [0.05, 0.1) is 17.1 Å². The van der Waals surface area contributed by atoms with Gasteiger partial charge in [0.1, 0.15) is 5.58 Å². The van der Waals surface area contributed by atoms with Gasteiger partial charge >= 0.3 is 0 Å². The van der Waals surface area contributed by atoms with E-state index in [4.69, 9.17) is 13.5 Å². The number of furan rings is 1. The smallest absolute Gasteiger partial charge is 0.227 e. The maximum Gasteiger partial charge on any atom is 0.227 e. The molecule has 344 valence electrons. The average molecular weight is 930 g/mol. The topological polar surface area (TPSA) is 64.7 Å². The van der Waals surface area contributed by atoms with Crippen LogP contribution in [0.5, 0.6) is 0 Å². The van der Waals surface area contributed by atoms with Gasteiger partial charge in [-0.3, -0.25) is 15.0 Å². The molecule has 5 heteroatoms. The van der Waals surface area contributed by atoms with Crippen LogP contribution in [-0.2, 0) is 25.7 Å². The van der Waals surface area contributed by atoms with Gasteiger partial charge in [-0.1, -0.05) is 170 Å². The largest absolute Gasteiger partial charge is 0.438 e. The monoisotopic (exact) mass is 929 g/mol. The molecule has 0 radical (unpaired) electrons. The van der Waals surface area contributed by atoms with E-state index < -0.39 is 6.85 Å². The predicted molar refractivity (Wildman–Crippen MR) is 295 cm³/mol. The van der Waals surface area contributed by atoms with Gasteiger partial charge in [-0.25, -0.2) is 4.98 Å². The van der Waals surface area contributed by atoms with Gasteiger partial charge < -0.3 is 4.42 Å². The SMILES string of the molecule is [2H]C([2H])([2H])c1ccc2c(n1)oc1cc(-c3ccc(-c4ccccc4-c4cc(CCc5ccc(-c6ccccn6)cc5)cc(CCc5ccc(-c6ccccn6)cc5)c4)c(-c4ccc(-c5ccccc5)cc4)c3)ncc12. The Bertz CT molecular complexity index is 3850. The number of fused-ring (bicyclic) bond motifs is 3. The molecule has 0 spiro atoms. The molecule has 0 atom stereocenters. The summed E-state index contributed by atoms with van der Waals surface area (Å²) in [6.07, 6.45) is 9.05. The molecule has 0 saturated heterocycles. The van der Waals surface area contributed by atoms with E-state index in [0.717, 1.165) is 109 Å². The summed E-state index contributed by atoms with van der Waals surface area (Å²) < 4.78 is 29.9. The number of aryl methyl sites for hydroxylation is 5. The molecule has 0 saturated carbocycles. The Balaban J connectivity index is 0.925. The first-order valence-electron chi connectivity index (χ1n) is 26.0. The lowest BCUT2D eigenvalue weighted by molar-refractivity contribution is 0.652. The lowest BCUT2D eigenvalue weighted by Gasteiger charge is -2.18. The van der Waals surface area contributed by atoms with Crippen LogP contribution in [-0.4, -0.2) is 19.9 Å². The maximum absolute atomic E-state index is 7.90. The highest BCUT2D eigenvalue weighted by molar-refractivity contribution is 6.04. The van der Waals surface area contributed by atoms with Crippen molar-refractivity contribution in [1.29, 1.82) is 0 Å². The molecule has 0 N–H and O–H groups in total. The third-order valence-corrected chi connectivity index (χ3v) is 13.7. The van der Waals surface area contributed by atoms with Gasteiger partial charge in [-0.05, 0) is 142 Å². The van der Waals surface area contributed by atoms with Crippen LogP contribution in [0.1, 0.15) is 32.1 Å². The average Bonchev–Trinajstić information content (AvgIpc) is 3.86. The van der Waals surface area contributed by atoms with Crippen LogP contribution in [0.2, 0.25) is 0 Å². The Labute approximate surface area is 424 Å². The lowest BCUT2D eigenvalue weighted by atomic mass is 9.86. The molecule has 72 heavy (non-hydrogen) atoms. The van der Waals surface area contributed by atoms with Gasteiger partial charge in [0, 0.05) is 61.9 Å². The van der Waals surface area contributed by atoms with E-state index in [1.54, 1.807) is 12.3 Å². The van der Waals surface area contributed by atoms with Crippen molar-refractivity contribution in [3.05, 3.63) is 265 Å². The standard InChI is InChI=1S/C67H50N4O/c1-45-17-35-60-62-44-70-65(43-66(62)72-67(60)71-45)55-34-36-59(61(42-55)52-32-30-51(31-33-52)50-11-3-2-4-12-50)58-14-6-5-13-57(58)56-40-48(20-18-46-22-26-53(27-23-46)63-15-7-9-37-68-63)39-49(41-56)21-19-47-24-28-54(29-25-47)64-16-8-10-38-69-64/h2-17,22-44H,18-21H2,1H3/i1D3. The molecule has 7 aromatic carbocycles. The van der Waals surface area contributed by atoms with Gasteiger partial charge in [0.2, 0.25) is 5.71 Å². The van der Waals surface area contributed by atoms with E-state index >= 15 is 0 Å². The Kier molecular flexibility index (Phi) is 11.2. The van der Waals surface area contributed by atoms with Crippen molar-refractivity contribution < 1.29 is 8.53 Å². The highest BCUT2D eigenvalue weighted by Gasteiger charge is 2.18. The Morgan fingerprint density at radius 2 is 0.917 bits per heavy atom. The molecule has 0 aliphatic rings. The van der Waals surface area contributed by atoms with Crippen LogP contribution < -0.4 is 0 Å². The molecule has 5 heterocycles. The van der Waals surface area contributed by atoms with E-state index in [0.29, 0.717) is 5.58 Å². The lowest BCUT2D eigenvalue weighted by Crippen LogP contribution is -1.98. The molecule has 12 aromatic rings. The molecule has 0 fully saturated rings. The highest BCUT2D eigenvalue weighted by Crippen LogP contribution is 2.42. The molecule has 0 bridgehead atoms. The van der Waals surface area contributed by atoms with Crippen LogP contribution in [0.3, 0.4) is 0 Å². The van der Waals surface area contributed by atoms with Crippen LogP contribution in [0.25, 0.3) is 100 Å². The fraction of sp³-hybridized carbons (Fsp3) is 0.0746. The first-order valence-corrected chi connectivity index (χ1v) is 24.5. The minimum Gasteiger partial charge on any atom is -0.438 e.